The third-order valence-electron chi connectivity index (χ3n) is 4.09. The molecule has 3 rings (SSSR count). The van der Waals surface area contributed by atoms with Crippen LogP contribution in [0.25, 0.3) is 0 Å². The molecule has 1 saturated heterocycles. The topological polar surface area (TPSA) is 49.0 Å². The van der Waals surface area contributed by atoms with Gasteiger partial charge in [0.2, 0.25) is 0 Å². The predicted octanol–water partition coefficient (Wildman–Crippen LogP) is 2.88. The van der Waals surface area contributed by atoms with Gasteiger partial charge in [-0.3, -0.25) is 9.89 Å². The molecule has 5 heteroatoms. The molecule has 1 fully saturated rings. The highest BCUT2D eigenvalue weighted by molar-refractivity contribution is 5.94. The maximum absolute atomic E-state index is 14.1. The molecule has 0 aliphatic carbocycles. The van der Waals surface area contributed by atoms with Crippen molar-refractivity contribution < 1.29 is 9.18 Å². The first kappa shape index (κ1) is 13.8. The molecular weight excluding hydrogens is 269 g/mol. The Kier molecular flexibility index (Phi) is 3.73. The normalized spacial score (nSPS) is 18.8. The molecule has 1 atom stereocenters. The monoisotopic (exact) mass is 287 g/mol. The van der Waals surface area contributed by atoms with Crippen molar-refractivity contribution in [1.29, 1.82) is 0 Å². The molecule has 2 heterocycles. The average molecular weight is 287 g/mol. The minimum absolute atomic E-state index is 0.167. The van der Waals surface area contributed by atoms with Crippen molar-refractivity contribution >= 4 is 5.91 Å². The fourth-order valence-electron chi connectivity index (χ4n) is 2.89. The van der Waals surface area contributed by atoms with Crippen LogP contribution in [0, 0.1) is 12.7 Å². The van der Waals surface area contributed by atoms with Gasteiger partial charge >= 0.3 is 0 Å². The number of H-pyrrole nitrogens is 1. The van der Waals surface area contributed by atoms with E-state index in [2.05, 4.69) is 10.2 Å². The molecule has 1 aromatic carbocycles. The summed E-state index contributed by atoms with van der Waals surface area (Å²) in [5, 5.41) is 6.93. The van der Waals surface area contributed by atoms with E-state index < -0.39 is 5.82 Å². The standard InChI is InChI=1S/C16H18FN3O/c1-11-4-2-6-13(15(11)17)16(21)20-9-3-5-12(10-20)14-7-8-18-19-14/h2,4,6-8,12H,3,5,9-10H2,1H3,(H,18,19). The van der Waals surface area contributed by atoms with Gasteiger partial charge in [0.1, 0.15) is 5.82 Å². The lowest BCUT2D eigenvalue weighted by Crippen LogP contribution is -2.39. The highest BCUT2D eigenvalue weighted by Crippen LogP contribution is 2.26. The predicted molar refractivity (Wildman–Crippen MR) is 77.6 cm³/mol. The lowest BCUT2D eigenvalue weighted by Gasteiger charge is -2.32. The number of aryl methyl sites for hydroxylation is 1. The minimum atomic E-state index is -0.411. The molecule has 110 valence electrons. The van der Waals surface area contributed by atoms with Crippen LogP contribution < -0.4 is 0 Å². The largest absolute Gasteiger partial charge is 0.338 e. The van der Waals surface area contributed by atoms with Crippen LogP contribution in [-0.2, 0) is 0 Å². The van der Waals surface area contributed by atoms with Crippen molar-refractivity contribution in [2.75, 3.05) is 13.1 Å². The molecule has 0 spiro atoms. The minimum Gasteiger partial charge on any atom is -0.338 e. The van der Waals surface area contributed by atoms with Crippen LogP contribution in [0.5, 0.6) is 0 Å². The summed E-state index contributed by atoms with van der Waals surface area (Å²) in [4.78, 5) is 14.3. The molecule has 1 aromatic heterocycles. The van der Waals surface area contributed by atoms with E-state index in [1.807, 2.05) is 6.07 Å². The second kappa shape index (κ2) is 5.68. The summed E-state index contributed by atoms with van der Waals surface area (Å²) in [5.41, 5.74) is 1.71. The summed E-state index contributed by atoms with van der Waals surface area (Å²) in [6.45, 7) is 2.96. The van der Waals surface area contributed by atoms with Crippen LogP contribution in [0.3, 0.4) is 0 Å². The van der Waals surface area contributed by atoms with Crippen molar-refractivity contribution in [1.82, 2.24) is 15.1 Å². The molecule has 1 amide bonds. The number of carbonyl (C=O) groups is 1. The lowest BCUT2D eigenvalue weighted by molar-refractivity contribution is 0.0701. The zero-order chi connectivity index (χ0) is 14.8. The summed E-state index contributed by atoms with van der Waals surface area (Å²) in [6.07, 6.45) is 3.65. The zero-order valence-electron chi connectivity index (χ0n) is 12.0. The van der Waals surface area contributed by atoms with E-state index in [0.29, 0.717) is 18.7 Å². The number of amides is 1. The number of hydrogen-bond acceptors (Lipinski definition) is 2. The molecule has 0 bridgehead atoms. The van der Waals surface area contributed by atoms with Crippen LogP contribution >= 0.6 is 0 Å². The van der Waals surface area contributed by atoms with Crippen molar-refractivity contribution in [3.63, 3.8) is 0 Å². The van der Waals surface area contributed by atoms with Gasteiger partial charge in [-0.2, -0.15) is 5.10 Å². The smallest absolute Gasteiger partial charge is 0.256 e. The number of likely N-dealkylation sites (tertiary alicyclic amines) is 1. The van der Waals surface area contributed by atoms with Crippen molar-refractivity contribution in [2.24, 2.45) is 0 Å². The molecule has 1 aliphatic heterocycles. The van der Waals surface area contributed by atoms with Gasteiger partial charge in [0.15, 0.2) is 0 Å². The number of benzene rings is 1. The first-order valence-corrected chi connectivity index (χ1v) is 7.20. The number of hydrogen-bond donors (Lipinski definition) is 1. The number of aromatic nitrogens is 2. The van der Waals surface area contributed by atoms with Crippen molar-refractivity contribution in [3.8, 4) is 0 Å². The van der Waals surface area contributed by atoms with E-state index in [0.717, 1.165) is 18.5 Å². The fraction of sp³-hybridized carbons (Fsp3) is 0.375. The maximum Gasteiger partial charge on any atom is 0.256 e. The molecule has 21 heavy (non-hydrogen) atoms. The summed E-state index contributed by atoms with van der Waals surface area (Å²) < 4.78 is 14.1. The molecule has 0 saturated carbocycles. The van der Waals surface area contributed by atoms with E-state index in [4.69, 9.17) is 0 Å². The van der Waals surface area contributed by atoms with E-state index in [9.17, 15) is 9.18 Å². The highest BCUT2D eigenvalue weighted by Gasteiger charge is 2.27. The van der Waals surface area contributed by atoms with Gasteiger partial charge < -0.3 is 4.90 Å². The second-order valence-electron chi connectivity index (χ2n) is 5.54. The Hall–Kier alpha value is -2.17. The molecule has 1 unspecified atom stereocenters. The lowest BCUT2D eigenvalue weighted by atomic mass is 9.94. The molecule has 1 N–H and O–H groups in total. The van der Waals surface area contributed by atoms with Crippen LogP contribution in [0.4, 0.5) is 4.39 Å². The quantitative estimate of drug-likeness (QED) is 0.923. The molecule has 0 radical (unpaired) electrons. The van der Waals surface area contributed by atoms with E-state index in [1.165, 1.54) is 0 Å². The van der Waals surface area contributed by atoms with Crippen LogP contribution in [0.2, 0.25) is 0 Å². The summed E-state index contributed by atoms with van der Waals surface area (Å²) in [7, 11) is 0. The Morgan fingerprint density at radius 1 is 1.43 bits per heavy atom. The highest BCUT2D eigenvalue weighted by atomic mass is 19.1. The number of piperidine rings is 1. The molecule has 4 nitrogen and oxygen atoms in total. The average Bonchev–Trinajstić information content (AvgIpc) is 3.04. The number of aromatic amines is 1. The van der Waals surface area contributed by atoms with E-state index in [-0.39, 0.29) is 17.4 Å². The zero-order valence-corrected chi connectivity index (χ0v) is 12.0. The first-order valence-electron chi connectivity index (χ1n) is 7.20. The Balaban J connectivity index is 1.80. The molecule has 2 aromatic rings. The van der Waals surface area contributed by atoms with Gasteiger partial charge in [-0.15, -0.1) is 0 Å². The van der Waals surface area contributed by atoms with Gasteiger partial charge in [-0.1, -0.05) is 12.1 Å². The van der Waals surface area contributed by atoms with Gasteiger partial charge in [0, 0.05) is 30.9 Å². The van der Waals surface area contributed by atoms with Gasteiger partial charge in [-0.05, 0) is 37.5 Å². The number of carbonyl (C=O) groups excluding carboxylic acids is 1. The van der Waals surface area contributed by atoms with Gasteiger partial charge in [0.05, 0.1) is 5.56 Å². The Labute approximate surface area is 123 Å². The summed E-state index contributed by atoms with van der Waals surface area (Å²) >= 11 is 0. The van der Waals surface area contributed by atoms with Crippen molar-refractivity contribution in [2.45, 2.75) is 25.7 Å². The van der Waals surface area contributed by atoms with Gasteiger partial charge in [-0.25, -0.2) is 4.39 Å². The van der Waals surface area contributed by atoms with Crippen LogP contribution in [0.15, 0.2) is 30.5 Å². The number of halogens is 1. The van der Waals surface area contributed by atoms with E-state index >= 15 is 0 Å². The van der Waals surface area contributed by atoms with Gasteiger partial charge in [0.25, 0.3) is 5.91 Å². The van der Waals surface area contributed by atoms with Crippen molar-refractivity contribution in [3.05, 3.63) is 53.1 Å². The molecule has 1 aliphatic rings. The third kappa shape index (κ3) is 2.68. The van der Waals surface area contributed by atoms with E-state index in [1.54, 1.807) is 36.2 Å². The molecular formula is C16H18FN3O. The van der Waals surface area contributed by atoms with Crippen LogP contribution in [-0.4, -0.2) is 34.1 Å². The summed E-state index contributed by atoms with van der Waals surface area (Å²) in [6, 6.07) is 6.90. The number of nitrogens with zero attached hydrogens (tertiary/aromatic N) is 2. The second-order valence-corrected chi connectivity index (χ2v) is 5.54. The maximum atomic E-state index is 14.1. The Morgan fingerprint density at radius 2 is 2.29 bits per heavy atom. The SMILES string of the molecule is Cc1cccc(C(=O)N2CCCC(c3ccn[nH]3)C2)c1F. The first-order chi connectivity index (χ1) is 10.2. The third-order valence-corrected chi connectivity index (χ3v) is 4.09. The van der Waals surface area contributed by atoms with Crippen LogP contribution in [0.1, 0.15) is 40.4 Å². The fourth-order valence-corrected chi connectivity index (χ4v) is 2.89. The number of nitrogens with one attached hydrogen (secondary N) is 1. The number of rotatable bonds is 2. The Morgan fingerprint density at radius 3 is 3.05 bits per heavy atom. The Bertz CT molecular complexity index is 639. The summed E-state index contributed by atoms with van der Waals surface area (Å²) in [5.74, 6) is -0.385.